The van der Waals surface area contributed by atoms with Crippen LogP contribution in [0, 0.1) is 0 Å². The fraction of sp³-hybridized carbons (Fsp3) is 0.250. The summed E-state index contributed by atoms with van der Waals surface area (Å²) < 4.78 is 5.59. The highest BCUT2D eigenvalue weighted by Crippen LogP contribution is 2.32. The number of ketones is 1. The molecule has 1 heterocycles. The number of furan rings is 1. The Morgan fingerprint density at radius 1 is 1.08 bits per heavy atom. The van der Waals surface area contributed by atoms with Gasteiger partial charge in [0.2, 0.25) is 0 Å². The second-order valence-electron chi connectivity index (χ2n) is 5.91. The lowest BCUT2D eigenvalue weighted by molar-refractivity contribution is -0.910. The first kappa shape index (κ1) is 16.3. The first-order chi connectivity index (χ1) is 11.7. The maximum Gasteiger partial charge on any atom is 0.196 e. The Hall–Kier alpha value is -2.59. The van der Waals surface area contributed by atoms with E-state index in [1.54, 1.807) is 24.3 Å². The molecular formula is C20H22NO3+. The Morgan fingerprint density at radius 2 is 1.79 bits per heavy atom. The Balaban J connectivity index is 2.13. The first-order valence-electron chi connectivity index (χ1n) is 8.31. The number of carbonyl (C=O) groups is 1. The first-order valence-corrected chi connectivity index (χ1v) is 8.31. The number of hydrogen-bond donors (Lipinski definition) is 2. The van der Waals surface area contributed by atoms with Crippen molar-refractivity contribution < 1.29 is 19.2 Å². The van der Waals surface area contributed by atoms with E-state index in [1.165, 1.54) is 11.2 Å². The number of aromatic hydroxyl groups is 1. The fourth-order valence-electron chi connectivity index (χ4n) is 3.03. The monoisotopic (exact) mass is 324 g/mol. The molecule has 0 bridgehead atoms. The molecule has 124 valence electrons. The molecule has 4 nitrogen and oxygen atoms in total. The van der Waals surface area contributed by atoms with Gasteiger partial charge < -0.3 is 14.4 Å². The van der Waals surface area contributed by atoms with Crippen LogP contribution in [0.4, 0.5) is 0 Å². The minimum atomic E-state index is -0.0873. The average molecular weight is 324 g/mol. The highest BCUT2D eigenvalue weighted by molar-refractivity contribution is 6.16. The SMILES string of the molecule is CC[NH+](CC)Cc1c(O)ccc2occ(C(=O)c3ccccc3)c12. The van der Waals surface area contributed by atoms with Crippen molar-refractivity contribution in [3.05, 3.63) is 65.4 Å². The molecule has 0 unspecified atom stereocenters. The molecule has 0 aliphatic carbocycles. The summed E-state index contributed by atoms with van der Waals surface area (Å²) in [6.45, 7) is 6.78. The van der Waals surface area contributed by atoms with E-state index >= 15 is 0 Å². The van der Waals surface area contributed by atoms with Crippen LogP contribution in [0.3, 0.4) is 0 Å². The van der Waals surface area contributed by atoms with Crippen LogP contribution in [0.25, 0.3) is 11.0 Å². The Labute approximate surface area is 141 Å². The van der Waals surface area contributed by atoms with Gasteiger partial charge in [-0.15, -0.1) is 0 Å². The van der Waals surface area contributed by atoms with Crippen LogP contribution in [0.2, 0.25) is 0 Å². The summed E-state index contributed by atoms with van der Waals surface area (Å²) in [5, 5.41) is 11.1. The Bertz CT molecular complexity index is 848. The number of benzene rings is 2. The van der Waals surface area contributed by atoms with Gasteiger partial charge in [0.05, 0.1) is 24.2 Å². The maximum atomic E-state index is 12.9. The van der Waals surface area contributed by atoms with Gasteiger partial charge in [0.1, 0.15) is 24.1 Å². The molecule has 0 saturated heterocycles. The van der Waals surface area contributed by atoms with E-state index in [1.807, 2.05) is 18.2 Å². The van der Waals surface area contributed by atoms with Gasteiger partial charge in [0.15, 0.2) is 5.78 Å². The van der Waals surface area contributed by atoms with E-state index in [-0.39, 0.29) is 11.5 Å². The van der Waals surface area contributed by atoms with Gasteiger partial charge in [-0.3, -0.25) is 4.79 Å². The molecule has 0 radical (unpaired) electrons. The lowest BCUT2D eigenvalue weighted by Crippen LogP contribution is -3.10. The smallest absolute Gasteiger partial charge is 0.196 e. The van der Waals surface area contributed by atoms with E-state index in [9.17, 15) is 9.90 Å². The fourth-order valence-corrected chi connectivity index (χ4v) is 3.03. The van der Waals surface area contributed by atoms with Crippen molar-refractivity contribution in [3.63, 3.8) is 0 Å². The van der Waals surface area contributed by atoms with E-state index in [4.69, 9.17) is 4.42 Å². The number of fused-ring (bicyclic) bond motifs is 1. The van der Waals surface area contributed by atoms with E-state index in [2.05, 4.69) is 13.8 Å². The van der Waals surface area contributed by atoms with Crippen LogP contribution in [-0.4, -0.2) is 24.0 Å². The average Bonchev–Trinajstić information content (AvgIpc) is 3.05. The van der Waals surface area contributed by atoms with E-state index in [0.29, 0.717) is 23.3 Å². The minimum Gasteiger partial charge on any atom is -0.507 e. The number of rotatable bonds is 6. The maximum absolute atomic E-state index is 12.9. The number of hydrogen-bond acceptors (Lipinski definition) is 3. The lowest BCUT2D eigenvalue weighted by atomic mass is 9.98. The van der Waals surface area contributed by atoms with Gasteiger partial charge in [0.25, 0.3) is 0 Å². The third-order valence-corrected chi connectivity index (χ3v) is 4.53. The van der Waals surface area contributed by atoms with Crippen LogP contribution in [-0.2, 0) is 6.54 Å². The third kappa shape index (κ3) is 2.93. The molecule has 2 aromatic carbocycles. The van der Waals surface area contributed by atoms with Crippen molar-refractivity contribution in [3.8, 4) is 5.75 Å². The molecule has 3 aromatic rings. The number of phenols is 1. The molecule has 3 rings (SSSR count). The number of quaternary nitrogens is 1. The number of phenolic OH excluding ortho intramolecular Hbond substituents is 1. The predicted octanol–water partition coefficient (Wildman–Crippen LogP) is 2.79. The van der Waals surface area contributed by atoms with Crippen LogP contribution in [0.5, 0.6) is 5.75 Å². The van der Waals surface area contributed by atoms with Gasteiger partial charge >= 0.3 is 0 Å². The summed E-state index contributed by atoms with van der Waals surface area (Å²) in [5.74, 6) is 0.126. The Kier molecular flexibility index (Phi) is 4.67. The second-order valence-corrected chi connectivity index (χ2v) is 5.91. The molecule has 1 aromatic heterocycles. The van der Waals surface area contributed by atoms with Crippen molar-refractivity contribution in [2.24, 2.45) is 0 Å². The molecule has 2 N–H and O–H groups in total. The summed E-state index contributed by atoms with van der Waals surface area (Å²) in [6, 6.07) is 12.5. The number of nitrogens with one attached hydrogen (secondary N) is 1. The zero-order valence-corrected chi connectivity index (χ0v) is 14.0. The highest BCUT2D eigenvalue weighted by Gasteiger charge is 2.22. The van der Waals surface area contributed by atoms with Crippen molar-refractivity contribution in [2.75, 3.05) is 13.1 Å². The molecule has 0 aliphatic rings. The van der Waals surface area contributed by atoms with Crippen LogP contribution < -0.4 is 4.90 Å². The van der Waals surface area contributed by atoms with Crippen LogP contribution >= 0.6 is 0 Å². The van der Waals surface area contributed by atoms with Gasteiger partial charge in [-0.05, 0) is 26.0 Å². The summed E-state index contributed by atoms with van der Waals surface area (Å²) in [6.07, 6.45) is 1.50. The largest absolute Gasteiger partial charge is 0.507 e. The normalized spacial score (nSPS) is 11.3. The summed E-state index contributed by atoms with van der Waals surface area (Å²) >= 11 is 0. The van der Waals surface area contributed by atoms with Gasteiger partial charge in [-0.25, -0.2) is 0 Å². The molecule has 0 saturated carbocycles. The van der Waals surface area contributed by atoms with Crippen LogP contribution in [0.15, 0.2) is 53.1 Å². The summed E-state index contributed by atoms with van der Waals surface area (Å²) in [4.78, 5) is 14.2. The molecule has 0 aliphatic heterocycles. The third-order valence-electron chi connectivity index (χ3n) is 4.53. The quantitative estimate of drug-likeness (QED) is 0.686. The second kappa shape index (κ2) is 6.89. The molecular weight excluding hydrogens is 302 g/mol. The van der Waals surface area contributed by atoms with Crippen molar-refractivity contribution in [1.82, 2.24) is 0 Å². The molecule has 0 amide bonds. The molecule has 0 atom stereocenters. The zero-order valence-electron chi connectivity index (χ0n) is 14.0. The van der Waals surface area contributed by atoms with Crippen molar-refractivity contribution in [2.45, 2.75) is 20.4 Å². The van der Waals surface area contributed by atoms with Crippen molar-refractivity contribution >= 4 is 16.8 Å². The molecule has 4 heteroatoms. The van der Waals surface area contributed by atoms with E-state index in [0.717, 1.165) is 24.0 Å². The molecule has 0 fully saturated rings. The van der Waals surface area contributed by atoms with Gasteiger partial charge in [-0.2, -0.15) is 0 Å². The Morgan fingerprint density at radius 3 is 2.46 bits per heavy atom. The zero-order chi connectivity index (χ0) is 17.1. The molecule has 24 heavy (non-hydrogen) atoms. The lowest BCUT2D eigenvalue weighted by Gasteiger charge is -2.17. The molecule has 0 spiro atoms. The highest BCUT2D eigenvalue weighted by atomic mass is 16.3. The van der Waals surface area contributed by atoms with E-state index < -0.39 is 0 Å². The summed E-state index contributed by atoms with van der Waals surface area (Å²) in [7, 11) is 0. The topological polar surface area (TPSA) is 54.9 Å². The predicted molar refractivity (Wildman–Crippen MR) is 93.5 cm³/mol. The van der Waals surface area contributed by atoms with Gasteiger partial charge in [-0.1, -0.05) is 30.3 Å². The standard InChI is InChI=1S/C20H21NO3/c1-3-21(4-2)12-15-17(22)10-11-18-19(15)16(13-24-18)20(23)14-8-6-5-7-9-14/h5-11,13,22H,3-4,12H2,1-2H3/p+1. The number of carbonyl (C=O) groups excluding carboxylic acids is 1. The van der Waals surface area contributed by atoms with Gasteiger partial charge in [0, 0.05) is 10.9 Å². The van der Waals surface area contributed by atoms with Crippen LogP contribution in [0.1, 0.15) is 35.3 Å². The van der Waals surface area contributed by atoms with Crippen molar-refractivity contribution in [1.29, 1.82) is 0 Å². The summed E-state index contributed by atoms with van der Waals surface area (Å²) in [5.41, 5.74) is 2.53. The minimum absolute atomic E-state index is 0.0873.